The lowest BCUT2D eigenvalue weighted by molar-refractivity contribution is 1.16. The summed E-state index contributed by atoms with van der Waals surface area (Å²) in [5, 5.41) is 0. The Morgan fingerprint density at radius 3 is 1.78 bits per heavy atom. The highest BCUT2D eigenvalue weighted by molar-refractivity contribution is 5.72. The van der Waals surface area contributed by atoms with Gasteiger partial charge in [-0.05, 0) is 74.6 Å². The number of aromatic nitrogens is 1. The molecule has 0 saturated carbocycles. The number of nitrogens with zero attached hydrogens (tertiary/aromatic N) is 1. The molecule has 0 bridgehead atoms. The van der Waals surface area contributed by atoms with Gasteiger partial charge < -0.3 is 5.73 Å². The first kappa shape index (κ1) is 12.6. The van der Waals surface area contributed by atoms with Gasteiger partial charge >= 0.3 is 0 Å². The summed E-state index contributed by atoms with van der Waals surface area (Å²) in [6.45, 7) is 10.9. The minimum Gasteiger partial charge on any atom is -0.384 e. The van der Waals surface area contributed by atoms with E-state index in [9.17, 15) is 0 Å². The molecule has 0 radical (unpaired) electrons. The van der Waals surface area contributed by atoms with Crippen LogP contribution in [-0.4, -0.2) is 4.98 Å². The van der Waals surface area contributed by atoms with Gasteiger partial charge in [0.1, 0.15) is 5.82 Å². The Morgan fingerprint density at radius 1 is 0.778 bits per heavy atom. The van der Waals surface area contributed by atoms with Crippen LogP contribution in [0.1, 0.15) is 27.8 Å². The van der Waals surface area contributed by atoms with Crippen molar-refractivity contribution in [1.29, 1.82) is 0 Å². The van der Waals surface area contributed by atoms with Crippen molar-refractivity contribution in [1.82, 2.24) is 4.98 Å². The quantitative estimate of drug-likeness (QED) is 0.821. The monoisotopic (exact) mass is 240 g/mol. The zero-order chi connectivity index (χ0) is 13.4. The Kier molecular flexibility index (Phi) is 3.12. The van der Waals surface area contributed by atoms with Gasteiger partial charge in [-0.1, -0.05) is 6.07 Å². The van der Waals surface area contributed by atoms with E-state index in [-0.39, 0.29) is 0 Å². The first-order valence-electron chi connectivity index (χ1n) is 6.23. The van der Waals surface area contributed by atoms with Crippen molar-refractivity contribution in [3.8, 4) is 11.3 Å². The number of hydrogen-bond acceptors (Lipinski definition) is 2. The number of nitrogen functional groups attached to an aromatic ring is 1. The fourth-order valence-electron chi connectivity index (χ4n) is 2.47. The van der Waals surface area contributed by atoms with Gasteiger partial charge in [0.25, 0.3) is 0 Å². The van der Waals surface area contributed by atoms with Crippen LogP contribution < -0.4 is 5.73 Å². The van der Waals surface area contributed by atoms with Crippen molar-refractivity contribution in [2.24, 2.45) is 0 Å². The van der Waals surface area contributed by atoms with E-state index in [1.54, 1.807) is 0 Å². The lowest BCUT2D eigenvalue weighted by Crippen LogP contribution is -2.01. The summed E-state index contributed by atoms with van der Waals surface area (Å²) in [5.41, 5.74) is 14.6. The molecule has 0 aliphatic carbocycles. The van der Waals surface area contributed by atoms with E-state index in [0.29, 0.717) is 5.82 Å². The van der Waals surface area contributed by atoms with Gasteiger partial charge in [0.05, 0.1) is 5.69 Å². The first-order valence-corrected chi connectivity index (χ1v) is 6.23. The molecule has 2 heteroatoms. The second kappa shape index (κ2) is 4.45. The van der Waals surface area contributed by atoms with Crippen LogP contribution in [0.3, 0.4) is 0 Å². The fourth-order valence-corrected chi connectivity index (χ4v) is 2.47. The van der Waals surface area contributed by atoms with Crippen LogP contribution in [0.15, 0.2) is 18.2 Å². The van der Waals surface area contributed by atoms with Gasteiger partial charge in [-0.25, -0.2) is 4.98 Å². The van der Waals surface area contributed by atoms with Crippen LogP contribution in [0.2, 0.25) is 0 Å². The summed E-state index contributed by atoms with van der Waals surface area (Å²) in [7, 11) is 0. The molecule has 2 nitrogen and oxygen atoms in total. The second-order valence-corrected chi connectivity index (χ2v) is 4.95. The number of rotatable bonds is 1. The molecule has 0 aliphatic heterocycles. The van der Waals surface area contributed by atoms with E-state index >= 15 is 0 Å². The second-order valence-electron chi connectivity index (χ2n) is 4.95. The highest BCUT2D eigenvalue weighted by Crippen LogP contribution is 2.33. The normalized spacial score (nSPS) is 10.7. The van der Waals surface area contributed by atoms with E-state index in [1.807, 2.05) is 18.2 Å². The highest BCUT2D eigenvalue weighted by Gasteiger charge is 2.14. The first-order chi connectivity index (χ1) is 8.43. The molecular weight excluding hydrogens is 220 g/mol. The lowest BCUT2D eigenvalue weighted by atomic mass is 9.88. The summed E-state index contributed by atoms with van der Waals surface area (Å²) in [6, 6.07) is 5.81. The van der Waals surface area contributed by atoms with Crippen molar-refractivity contribution in [2.45, 2.75) is 34.6 Å². The maximum Gasteiger partial charge on any atom is 0.124 e. The summed E-state index contributed by atoms with van der Waals surface area (Å²) in [5.74, 6) is 0.571. The van der Waals surface area contributed by atoms with Crippen LogP contribution in [0.4, 0.5) is 5.82 Å². The van der Waals surface area contributed by atoms with E-state index in [0.717, 1.165) is 5.69 Å². The summed E-state index contributed by atoms with van der Waals surface area (Å²) in [4.78, 5) is 4.45. The van der Waals surface area contributed by atoms with Crippen molar-refractivity contribution in [2.75, 3.05) is 5.73 Å². The third-order valence-corrected chi connectivity index (χ3v) is 4.03. The molecule has 1 aromatic carbocycles. The molecule has 0 unspecified atom stereocenters. The number of hydrogen-bond donors (Lipinski definition) is 1. The number of benzene rings is 1. The molecule has 2 N–H and O–H groups in total. The largest absolute Gasteiger partial charge is 0.384 e. The minimum absolute atomic E-state index is 0.571. The predicted molar refractivity (Wildman–Crippen MR) is 77.8 cm³/mol. The molecule has 0 spiro atoms. The topological polar surface area (TPSA) is 38.9 Å². The third-order valence-electron chi connectivity index (χ3n) is 4.03. The van der Waals surface area contributed by atoms with Gasteiger partial charge in [-0.2, -0.15) is 0 Å². The maximum atomic E-state index is 5.79. The summed E-state index contributed by atoms with van der Waals surface area (Å²) >= 11 is 0. The number of nitrogens with two attached hydrogens (primary N) is 1. The zero-order valence-electron chi connectivity index (χ0n) is 11.8. The molecule has 2 aromatic rings. The average molecular weight is 240 g/mol. The molecule has 0 saturated heterocycles. The molecule has 0 aliphatic rings. The van der Waals surface area contributed by atoms with Crippen LogP contribution in [0.25, 0.3) is 11.3 Å². The summed E-state index contributed by atoms with van der Waals surface area (Å²) in [6.07, 6.45) is 0. The van der Waals surface area contributed by atoms with Crippen LogP contribution >= 0.6 is 0 Å². The third kappa shape index (κ3) is 1.88. The summed E-state index contributed by atoms with van der Waals surface area (Å²) < 4.78 is 0. The average Bonchev–Trinajstić information content (AvgIpc) is 2.34. The Hall–Kier alpha value is -1.83. The molecule has 0 atom stereocenters. The predicted octanol–water partition coefficient (Wildman–Crippen LogP) is 3.87. The van der Waals surface area contributed by atoms with E-state index in [4.69, 9.17) is 5.73 Å². The van der Waals surface area contributed by atoms with Crippen molar-refractivity contribution in [3.63, 3.8) is 0 Å². The standard InChI is InChI=1S/C16H20N2/c1-9-10(2)12(4)16(13(5)11(9)3)14-7-6-8-15(17)18-14/h6-8H,1-5H3,(H2,17,18). The molecule has 1 heterocycles. The molecule has 2 rings (SSSR count). The van der Waals surface area contributed by atoms with E-state index in [1.165, 1.54) is 33.4 Å². The van der Waals surface area contributed by atoms with Crippen LogP contribution in [-0.2, 0) is 0 Å². The van der Waals surface area contributed by atoms with Crippen molar-refractivity contribution >= 4 is 5.82 Å². The number of anilines is 1. The smallest absolute Gasteiger partial charge is 0.124 e. The van der Waals surface area contributed by atoms with Crippen LogP contribution in [0, 0.1) is 34.6 Å². The fraction of sp³-hybridized carbons (Fsp3) is 0.312. The number of pyridine rings is 1. The van der Waals surface area contributed by atoms with Gasteiger partial charge in [0, 0.05) is 5.56 Å². The lowest BCUT2D eigenvalue weighted by Gasteiger charge is -2.18. The Labute approximate surface area is 109 Å². The molecule has 18 heavy (non-hydrogen) atoms. The molecule has 0 amide bonds. The Morgan fingerprint density at radius 2 is 1.28 bits per heavy atom. The van der Waals surface area contributed by atoms with Crippen LogP contribution in [0.5, 0.6) is 0 Å². The van der Waals surface area contributed by atoms with Gasteiger partial charge in [0.2, 0.25) is 0 Å². The Balaban J connectivity index is 2.80. The van der Waals surface area contributed by atoms with Gasteiger partial charge in [-0.3, -0.25) is 0 Å². The zero-order valence-corrected chi connectivity index (χ0v) is 11.8. The molecular formula is C16H20N2. The van der Waals surface area contributed by atoms with Crippen molar-refractivity contribution in [3.05, 3.63) is 46.0 Å². The highest BCUT2D eigenvalue weighted by atomic mass is 14.8. The maximum absolute atomic E-state index is 5.79. The molecule has 94 valence electrons. The van der Waals surface area contributed by atoms with Gasteiger partial charge in [0.15, 0.2) is 0 Å². The van der Waals surface area contributed by atoms with E-state index in [2.05, 4.69) is 39.6 Å². The molecule has 0 fully saturated rings. The molecule has 1 aromatic heterocycles. The minimum atomic E-state index is 0.571. The van der Waals surface area contributed by atoms with Gasteiger partial charge in [-0.15, -0.1) is 0 Å². The Bertz CT molecular complexity index is 584. The SMILES string of the molecule is Cc1c(C)c(C)c(-c2cccc(N)n2)c(C)c1C. The van der Waals surface area contributed by atoms with Crippen molar-refractivity contribution < 1.29 is 0 Å². The van der Waals surface area contributed by atoms with E-state index < -0.39 is 0 Å².